The second-order valence-corrected chi connectivity index (χ2v) is 30.2. The third-order valence-electron chi connectivity index (χ3n) is 21.1. The molecule has 0 unspecified atom stereocenters. The van der Waals surface area contributed by atoms with E-state index in [2.05, 4.69) is 312 Å². The van der Waals surface area contributed by atoms with Gasteiger partial charge in [0, 0.05) is 224 Å². The molecule has 0 spiro atoms. The van der Waals surface area contributed by atoms with Crippen molar-refractivity contribution < 1.29 is 58.4 Å². The number of aryl methyl sites for hydroxylation is 8. The van der Waals surface area contributed by atoms with Gasteiger partial charge in [-0.3, -0.25) is 89.7 Å². The molecule has 23 rings (SSSR count). The molecule has 129 heavy (non-hydrogen) atoms. The molecule has 0 fully saturated rings. The van der Waals surface area contributed by atoms with Gasteiger partial charge in [-0.25, -0.2) is 0 Å². The molecular formula is C108H84N18Ru3. The van der Waals surface area contributed by atoms with E-state index in [-0.39, 0.29) is 58.4 Å². The molecule has 5 aromatic carbocycles. The first-order valence-electron chi connectivity index (χ1n) is 41.5. The van der Waals surface area contributed by atoms with E-state index in [9.17, 15) is 0 Å². The van der Waals surface area contributed by atoms with Crippen LogP contribution in [0.2, 0.25) is 0 Å². The summed E-state index contributed by atoms with van der Waals surface area (Å²) in [7, 11) is 0. The Hall–Kier alpha value is -14.7. The average Bonchev–Trinajstić information content (AvgIpc) is 0.809. The maximum atomic E-state index is 4.49. The Morgan fingerprint density at radius 1 is 0.140 bits per heavy atom. The second kappa shape index (κ2) is 44.4. The van der Waals surface area contributed by atoms with Crippen molar-refractivity contribution in [3.63, 3.8) is 0 Å². The fraction of sp³-hybridized carbons (Fsp3) is 0.0741. The molecule has 21 heteroatoms. The summed E-state index contributed by atoms with van der Waals surface area (Å²) >= 11 is 0. The Labute approximate surface area is 784 Å². The van der Waals surface area contributed by atoms with Crippen LogP contribution < -0.4 is 0 Å². The Morgan fingerprint density at radius 3 is 0.411 bits per heavy atom. The first kappa shape index (κ1) is 90.5. The van der Waals surface area contributed by atoms with Crippen LogP contribution in [0.15, 0.2) is 391 Å². The number of benzene rings is 5. The van der Waals surface area contributed by atoms with Crippen LogP contribution >= 0.6 is 0 Å². The van der Waals surface area contributed by atoms with Gasteiger partial charge < -0.3 is 0 Å². The summed E-state index contributed by atoms with van der Waals surface area (Å²) in [5.74, 6) is 0. The second-order valence-electron chi connectivity index (χ2n) is 30.2. The Bertz CT molecular complexity index is 6490. The topological polar surface area (TPSA) is 232 Å². The Balaban J connectivity index is 0.000000124. The van der Waals surface area contributed by atoms with Gasteiger partial charge in [0.15, 0.2) is 0 Å². The summed E-state index contributed by atoms with van der Waals surface area (Å²) in [5, 5.41) is 11.4. The minimum absolute atomic E-state index is 0. The molecule has 0 N–H and O–H groups in total. The van der Waals surface area contributed by atoms with E-state index in [0.29, 0.717) is 0 Å². The number of fused-ring (bicyclic) bond motifs is 15. The van der Waals surface area contributed by atoms with Crippen LogP contribution in [0.5, 0.6) is 0 Å². The van der Waals surface area contributed by atoms with Crippen LogP contribution in [-0.2, 0) is 84.1 Å². The molecule has 0 aliphatic carbocycles. The van der Waals surface area contributed by atoms with E-state index >= 15 is 0 Å². The Kier molecular flexibility index (Phi) is 31.2. The molecule has 0 aliphatic rings. The van der Waals surface area contributed by atoms with E-state index in [1.165, 1.54) is 44.5 Å². The molecule has 0 atom stereocenters. The number of aromatic nitrogens is 18. The van der Waals surface area contributed by atoms with E-state index < -0.39 is 0 Å². The zero-order valence-corrected chi connectivity index (χ0v) is 76.1. The van der Waals surface area contributed by atoms with Gasteiger partial charge >= 0.3 is 0 Å². The minimum atomic E-state index is 0. The predicted molar refractivity (Wildman–Crippen MR) is 509 cm³/mol. The van der Waals surface area contributed by atoms with Crippen LogP contribution in [0.4, 0.5) is 0 Å². The summed E-state index contributed by atoms with van der Waals surface area (Å²) in [5.41, 5.74) is 26.9. The summed E-state index contributed by atoms with van der Waals surface area (Å²) in [6.45, 7) is 8.27. The van der Waals surface area contributed by atoms with Crippen molar-refractivity contribution in [3.05, 3.63) is 435 Å². The normalized spacial score (nSPS) is 10.6. The molecule has 0 radical (unpaired) electrons. The number of nitrogens with zero attached hydrogens (tertiary/aromatic N) is 18. The first-order valence-corrected chi connectivity index (χ1v) is 41.5. The minimum Gasteiger partial charge on any atom is -0.255 e. The van der Waals surface area contributed by atoms with Gasteiger partial charge in [-0.1, -0.05) is 121 Å². The molecular weight excluding hydrogens is 1850 g/mol. The fourth-order valence-corrected chi connectivity index (χ4v) is 14.8. The van der Waals surface area contributed by atoms with Gasteiger partial charge in [-0.2, -0.15) is 0 Å². The number of rotatable bonds is 10. The molecule has 18 aromatic heterocycles. The van der Waals surface area contributed by atoms with Crippen LogP contribution in [0.3, 0.4) is 0 Å². The maximum absolute atomic E-state index is 4.49. The van der Waals surface area contributed by atoms with Gasteiger partial charge in [0.05, 0.1) is 101 Å². The summed E-state index contributed by atoms with van der Waals surface area (Å²) in [4.78, 5) is 79.2. The van der Waals surface area contributed by atoms with Crippen LogP contribution in [-0.4, -0.2) is 89.7 Å². The van der Waals surface area contributed by atoms with Gasteiger partial charge in [-0.15, -0.1) is 0 Å². The van der Waals surface area contributed by atoms with Gasteiger partial charge in [0.25, 0.3) is 0 Å². The largest absolute Gasteiger partial charge is 0.255 e. The summed E-state index contributed by atoms with van der Waals surface area (Å²) < 4.78 is 0. The summed E-state index contributed by atoms with van der Waals surface area (Å²) in [6, 6.07) is 93.8. The maximum Gasteiger partial charge on any atom is 0.0964 e. The van der Waals surface area contributed by atoms with Gasteiger partial charge in [0.2, 0.25) is 0 Å². The SMILES string of the molecule is Cc1ccnc(-c2cc(CCc3ccnc(-c4cc(C)ccn4)c3)ccn2)c1.Cc1ccnc(-c2cc(CCc3ccnc(-c4cc(C)ccn4)c3)ccn2)c1.[Ru].[Ru].[Ru].c1cnc2c(c1)ccc1cccnc12.c1cnc2c(c1)ccc1cccnc12.c1cnc2c(c1)ccc1cccnc12.c1cnc2c(c1)ccc1cccnc12.c1cnc2c(c1)ccc1cccnc12. The van der Waals surface area contributed by atoms with Crippen molar-refractivity contribution in [2.45, 2.75) is 53.4 Å². The molecule has 23 aromatic rings. The molecule has 0 saturated carbocycles. The summed E-state index contributed by atoms with van der Waals surface area (Å²) in [6.07, 6.45) is 36.5. The van der Waals surface area contributed by atoms with Crippen LogP contribution in [0.25, 0.3) is 155 Å². The zero-order valence-electron chi connectivity index (χ0n) is 70.9. The standard InChI is InChI=1S/2C24H22N4.5C12H8N2.3Ru/c2*1-17-5-9-25-21(13-17)23-15-19(7-11-27-23)3-4-20-8-12-28-24(16-20)22-14-18(2)6-10-26-22;5*1-3-9-5-6-10-4-2-8-14-12(10)11(9)13-7-1;;;/h2*5-16H,3-4H2,1-2H3;5*1-8H;;;. The smallest absolute Gasteiger partial charge is 0.0964 e. The molecule has 0 saturated heterocycles. The number of pyridine rings is 18. The molecule has 0 bridgehead atoms. The van der Waals surface area contributed by atoms with Crippen LogP contribution in [0.1, 0.15) is 44.5 Å². The molecule has 630 valence electrons. The quantitative estimate of drug-likeness (QED) is 0.0914. The first-order chi connectivity index (χ1) is 62.1. The molecule has 0 amide bonds. The molecule has 0 aliphatic heterocycles. The average molecular weight is 1940 g/mol. The Morgan fingerprint density at radius 2 is 0.271 bits per heavy atom. The third-order valence-corrected chi connectivity index (χ3v) is 21.1. The van der Waals surface area contributed by atoms with Crippen molar-refractivity contribution in [1.82, 2.24) is 89.7 Å². The van der Waals surface area contributed by atoms with E-state index in [1.807, 2.05) is 135 Å². The van der Waals surface area contributed by atoms with Crippen LogP contribution in [0, 0.1) is 27.7 Å². The predicted octanol–water partition coefficient (Wildman–Crippen LogP) is 23.9. The monoisotopic (exact) mass is 1940 g/mol. The fourth-order valence-electron chi connectivity index (χ4n) is 14.8. The van der Waals surface area contributed by atoms with Crippen molar-refractivity contribution in [1.29, 1.82) is 0 Å². The zero-order chi connectivity index (χ0) is 85.6. The third kappa shape index (κ3) is 23.1. The van der Waals surface area contributed by atoms with E-state index in [0.717, 1.165) is 180 Å². The van der Waals surface area contributed by atoms with Crippen molar-refractivity contribution in [2.75, 3.05) is 0 Å². The number of hydrogen-bond acceptors (Lipinski definition) is 18. The van der Waals surface area contributed by atoms with E-state index in [4.69, 9.17) is 0 Å². The van der Waals surface area contributed by atoms with Crippen molar-refractivity contribution >= 4 is 109 Å². The molecule has 18 heterocycles. The van der Waals surface area contributed by atoms with E-state index in [1.54, 1.807) is 62.0 Å². The van der Waals surface area contributed by atoms with Crippen molar-refractivity contribution in [2.24, 2.45) is 0 Å². The van der Waals surface area contributed by atoms with Gasteiger partial charge in [-0.05, 0) is 256 Å². The number of hydrogen-bond donors (Lipinski definition) is 0. The van der Waals surface area contributed by atoms with Crippen molar-refractivity contribution in [3.8, 4) is 45.6 Å². The van der Waals surface area contributed by atoms with Gasteiger partial charge in [0.1, 0.15) is 0 Å². The molecule has 18 nitrogen and oxygen atoms in total.